The number of fused-ring (bicyclic) bond motifs is 1. The average Bonchev–Trinajstić information content (AvgIpc) is 2.82. The number of para-hydroxylation sites is 2. The lowest BCUT2D eigenvalue weighted by molar-refractivity contribution is -0.648. The highest BCUT2D eigenvalue weighted by atomic mass is 16.5. The van der Waals surface area contributed by atoms with E-state index in [0.29, 0.717) is 19.1 Å². The second-order valence-corrected chi connectivity index (χ2v) is 5.31. The number of nitrogens with zero attached hydrogens (tertiary/aromatic N) is 2. The zero-order valence-electron chi connectivity index (χ0n) is 13.1. The summed E-state index contributed by atoms with van der Waals surface area (Å²) >= 11 is 0. The lowest BCUT2D eigenvalue weighted by atomic mass is 10.2. The van der Waals surface area contributed by atoms with E-state index < -0.39 is 0 Å². The van der Waals surface area contributed by atoms with E-state index in [4.69, 9.17) is 10.5 Å². The molecule has 0 radical (unpaired) electrons. The minimum Gasteiger partial charge on any atom is -0.464 e. The van der Waals surface area contributed by atoms with Crippen molar-refractivity contribution in [3.63, 3.8) is 0 Å². The number of esters is 1. The maximum Gasteiger partial charge on any atom is 0.356 e. The Morgan fingerprint density at radius 3 is 2.57 bits per heavy atom. The molecule has 0 atom stereocenters. The van der Waals surface area contributed by atoms with Gasteiger partial charge in [-0.15, -0.1) is 0 Å². The van der Waals surface area contributed by atoms with Crippen LogP contribution < -0.4 is 10.3 Å². The quantitative estimate of drug-likeness (QED) is 0.580. The predicted octanol–water partition coefficient (Wildman–Crippen LogP) is 2.12. The zero-order valence-corrected chi connectivity index (χ0v) is 13.1. The van der Waals surface area contributed by atoms with Crippen LogP contribution in [-0.4, -0.2) is 17.1 Å². The third-order valence-corrected chi connectivity index (χ3v) is 3.79. The van der Waals surface area contributed by atoms with Crippen LogP contribution in [0.25, 0.3) is 11.0 Å². The van der Waals surface area contributed by atoms with Crippen molar-refractivity contribution in [2.24, 2.45) is 0 Å². The van der Waals surface area contributed by atoms with Gasteiger partial charge in [0.15, 0.2) is 6.54 Å². The van der Waals surface area contributed by atoms with Crippen molar-refractivity contribution in [2.45, 2.75) is 20.0 Å². The van der Waals surface area contributed by atoms with Gasteiger partial charge in [0, 0.05) is 0 Å². The Kier molecular flexibility index (Phi) is 4.28. The van der Waals surface area contributed by atoms with Crippen LogP contribution in [0.5, 0.6) is 0 Å². The van der Waals surface area contributed by atoms with Crippen molar-refractivity contribution in [3.05, 3.63) is 60.2 Å². The SMILES string of the molecule is CCOC(=O)Cn1c(N)[n+](Cc2ccccc2)c2ccccc21. The van der Waals surface area contributed by atoms with Crippen LogP contribution in [-0.2, 0) is 22.6 Å². The molecule has 3 aromatic rings. The molecule has 5 heteroatoms. The Hall–Kier alpha value is -2.82. The number of aromatic nitrogens is 2. The second-order valence-electron chi connectivity index (χ2n) is 5.31. The van der Waals surface area contributed by atoms with Gasteiger partial charge in [-0.05, 0) is 24.6 Å². The van der Waals surface area contributed by atoms with E-state index in [1.165, 1.54) is 0 Å². The van der Waals surface area contributed by atoms with Crippen LogP contribution in [0.4, 0.5) is 5.95 Å². The summed E-state index contributed by atoms with van der Waals surface area (Å²) in [6, 6.07) is 18.0. The molecule has 0 bridgehead atoms. The molecule has 1 aromatic heterocycles. The number of ether oxygens (including phenoxy) is 1. The van der Waals surface area contributed by atoms with Gasteiger partial charge >= 0.3 is 11.9 Å². The first-order valence-electron chi connectivity index (χ1n) is 7.66. The number of hydrogen-bond donors (Lipinski definition) is 1. The molecule has 0 saturated carbocycles. The number of carbonyl (C=O) groups is 1. The smallest absolute Gasteiger partial charge is 0.356 e. The number of hydrogen-bond acceptors (Lipinski definition) is 3. The molecule has 2 aromatic carbocycles. The van der Waals surface area contributed by atoms with Gasteiger partial charge in [-0.3, -0.25) is 5.73 Å². The van der Waals surface area contributed by atoms with Gasteiger partial charge in [0.2, 0.25) is 0 Å². The summed E-state index contributed by atoms with van der Waals surface area (Å²) < 4.78 is 8.87. The van der Waals surface area contributed by atoms with Crippen LogP contribution in [0.15, 0.2) is 54.6 Å². The van der Waals surface area contributed by atoms with Gasteiger partial charge in [-0.2, -0.15) is 0 Å². The van der Waals surface area contributed by atoms with E-state index in [-0.39, 0.29) is 12.5 Å². The number of nitrogen functional groups attached to an aromatic ring is 1. The Morgan fingerprint density at radius 2 is 1.83 bits per heavy atom. The van der Waals surface area contributed by atoms with E-state index in [0.717, 1.165) is 16.6 Å². The van der Waals surface area contributed by atoms with E-state index in [1.54, 1.807) is 11.5 Å². The molecular formula is C18H20N3O2+. The Labute approximate surface area is 134 Å². The fraction of sp³-hybridized carbons (Fsp3) is 0.222. The number of anilines is 1. The molecule has 0 unspecified atom stereocenters. The number of benzene rings is 2. The number of imidazole rings is 1. The third-order valence-electron chi connectivity index (χ3n) is 3.79. The van der Waals surface area contributed by atoms with Gasteiger partial charge in [0.25, 0.3) is 0 Å². The van der Waals surface area contributed by atoms with Crippen LogP contribution in [0, 0.1) is 0 Å². The van der Waals surface area contributed by atoms with Crippen LogP contribution in [0.2, 0.25) is 0 Å². The van der Waals surface area contributed by atoms with Crippen LogP contribution in [0.1, 0.15) is 12.5 Å². The molecule has 0 amide bonds. The monoisotopic (exact) mass is 310 g/mol. The van der Waals surface area contributed by atoms with Gasteiger partial charge in [0.05, 0.1) is 13.2 Å². The lowest BCUT2D eigenvalue weighted by Crippen LogP contribution is -2.37. The molecule has 3 rings (SSSR count). The Morgan fingerprint density at radius 1 is 1.13 bits per heavy atom. The summed E-state index contributed by atoms with van der Waals surface area (Å²) in [5.41, 5.74) is 9.41. The van der Waals surface area contributed by atoms with E-state index in [2.05, 4.69) is 12.1 Å². The molecule has 0 spiro atoms. The van der Waals surface area contributed by atoms with Crippen molar-refractivity contribution in [1.29, 1.82) is 0 Å². The Balaban J connectivity index is 2.04. The molecule has 0 saturated heterocycles. The first-order chi connectivity index (χ1) is 11.2. The number of rotatable bonds is 5. The molecule has 0 aliphatic heterocycles. The van der Waals surface area contributed by atoms with Crippen molar-refractivity contribution < 1.29 is 14.1 Å². The molecular weight excluding hydrogens is 290 g/mol. The summed E-state index contributed by atoms with van der Waals surface area (Å²) in [6.07, 6.45) is 0. The highest BCUT2D eigenvalue weighted by Gasteiger charge is 2.23. The van der Waals surface area contributed by atoms with Crippen LogP contribution >= 0.6 is 0 Å². The molecule has 5 nitrogen and oxygen atoms in total. The zero-order chi connectivity index (χ0) is 16.2. The normalized spacial score (nSPS) is 10.8. The van der Waals surface area contributed by atoms with E-state index in [9.17, 15) is 4.79 Å². The third kappa shape index (κ3) is 3.04. The summed E-state index contributed by atoms with van der Waals surface area (Å²) in [6.45, 7) is 2.93. The number of carbonyl (C=O) groups excluding carboxylic acids is 1. The van der Waals surface area contributed by atoms with Crippen molar-refractivity contribution >= 4 is 23.0 Å². The van der Waals surface area contributed by atoms with E-state index in [1.807, 2.05) is 47.0 Å². The summed E-state index contributed by atoms with van der Waals surface area (Å²) in [5.74, 6) is 0.259. The molecule has 23 heavy (non-hydrogen) atoms. The summed E-state index contributed by atoms with van der Waals surface area (Å²) in [7, 11) is 0. The first-order valence-corrected chi connectivity index (χ1v) is 7.66. The molecule has 2 N–H and O–H groups in total. The fourth-order valence-electron chi connectivity index (χ4n) is 2.75. The summed E-state index contributed by atoms with van der Waals surface area (Å²) in [4.78, 5) is 11.9. The van der Waals surface area contributed by atoms with Crippen molar-refractivity contribution in [3.8, 4) is 0 Å². The predicted molar refractivity (Wildman–Crippen MR) is 88.7 cm³/mol. The fourth-order valence-corrected chi connectivity index (χ4v) is 2.75. The molecule has 0 fully saturated rings. The topological polar surface area (TPSA) is 61.1 Å². The van der Waals surface area contributed by atoms with Gasteiger partial charge in [-0.1, -0.05) is 42.5 Å². The average molecular weight is 310 g/mol. The Bertz CT molecular complexity index is 825. The van der Waals surface area contributed by atoms with Gasteiger partial charge in [0.1, 0.15) is 11.0 Å². The minimum atomic E-state index is -0.285. The highest BCUT2D eigenvalue weighted by molar-refractivity contribution is 5.77. The molecule has 0 aliphatic rings. The molecule has 1 heterocycles. The maximum absolute atomic E-state index is 11.9. The van der Waals surface area contributed by atoms with Crippen LogP contribution in [0.3, 0.4) is 0 Å². The second kappa shape index (κ2) is 6.52. The number of nitrogens with two attached hydrogens (primary N) is 1. The summed E-state index contributed by atoms with van der Waals surface area (Å²) in [5, 5.41) is 0. The largest absolute Gasteiger partial charge is 0.464 e. The van der Waals surface area contributed by atoms with Crippen molar-refractivity contribution in [2.75, 3.05) is 12.3 Å². The minimum absolute atomic E-state index is 0.113. The van der Waals surface area contributed by atoms with Gasteiger partial charge in [-0.25, -0.2) is 13.9 Å². The van der Waals surface area contributed by atoms with Gasteiger partial charge < -0.3 is 4.74 Å². The standard InChI is InChI=1S/C18H19N3O2/c1-2-23-17(22)13-21-16-11-7-6-10-15(16)20(18(21)19)12-14-8-4-3-5-9-14/h3-11,19H,2,12-13H2,1H3/p+1. The molecule has 118 valence electrons. The van der Waals surface area contributed by atoms with Crippen molar-refractivity contribution in [1.82, 2.24) is 4.57 Å². The van der Waals surface area contributed by atoms with E-state index >= 15 is 0 Å². The first kappa shape index (κ1) is 15.1. The molecule has 0 aliphatic carbocycles. The lowest BCUT2D eigenvalue weighted by Gasteiger charge is -2.03. The maximum atomic E-state index is 11.9. The highest BCUT2D eigenvalue weighted by Crippen LogP contribution is 2.17.